The number of anilines is 1. The molecule has 1 fully saturated rings. The zero-order chi connectivity index (χ0) is 22.4. The third kappa shape index (κ3) is 6.52. The first kappa shape index (κ1) is 22.7. The van der Waals surface area contributed by atoms with Crippen molar-refractivity contribution in [1.29, 1.82) is 0 Å². The number of hydrogen-bond acceptors (Lipinski definition) is 6. The van der Waals surface area contributed by atoms with Crippen molar-refractivity contribution in [3.63, 3.8) is 0 Å². The molecular weight excluding hydrogens is 396 g/mol. The van der Waals surface area contributed by atoms with Gasteiger partial charge in [0.1, 0.15) is 11.2 Å². The lowest BCUT2D eigenvalue weighted by Gasteiger charge is -2.33. The van der Waals surface area contributed by atoms with E-state index in [1.165, 1.54) is 12.1 Å². The fraction of sp³-hybridized carbons (Fsp3) is 0.458. The monoisotopic (exact) mass is 426 g/mol. The Hall–Kier alpha value is -2.93. The number of esters is 1. The molecule has 1 saturated heterocycles. The Kier molecular flexibility index (Phi) is 7.28. The van der Waals surface area contributed by atoms with Crippen molar-refractivity contribution >= 4 is 17.3 Å². The maximum absolute atomic E-state index is 12.4. The van der Waals surface area contributed by atoms with Gasteiger partial charge in [0.05, 0.1) is 11.5 Å². The Bertz CT molecular complexity index is 900. The van der Waals surface area contributed by atoms with Crippen LogP contribution in [0.2, 0.25) is 0 Å². The molecular formula is C24H30N2O5. The lowest BCUT2D eigenvalue weighted by molar-refractivity contribution is -0.385. The smallest absolute Gasteiger partial charge is 0.345 e. The number of carbonyl (C=O) groups excluding carboxylic acids is 1. The van der Waals surface area contributed by atoms with E-state index in [9.17, 15) is 14.9 Å². The van der Waals surface area contributed by atoms with E-state index in [1.54, 1.807) is 26.8 Å². The number of carbonyl (C=O) groups is 1. The quantitative estimate of drug-likeness (QED) is 0.353. The molecule has 0 atom stereocenters. The molecule has 0 aliphatic carbocycles. The highest BCUT2D eigenvalue weighted by molar-refractivity contribution is 5.95. The van der Waals surface area contributed by atoms with Gasteiger partial charge < -0.3 is 14.4 Å². The summed E-state index contributed by atoms with van der Waals surface area (Å²) >= 11 is 0. The Morgan fingerprint density at radius 1 is 1.13 bits per heavy atom. The van der Waals surface area contributed by atoms with E-state index in [0.29, 0.717) is 19.1 Å². The fourth-order valence-corrected chi connectivity index (χ4v) is 3.65. The Morgan fingerprint density at radius 3 is 2.42 bits per heavy atom. The second-order valence-corrected chi connectivity index (χ2v) is 8.89. The SMILES string of the molecule is CC(C)(C)OC(=O)c1ccc(N2CCC(COCc3ccccc3)CC2)cc1[N+](=O)[O-]. The Labute approximate surface area is 183 Å². The molecule has 0 N–H and O–H groups in total. The van der Waals surface area contributed by atoms with Gasteiger partial charge in [0, 0.05) is 31.5 Å². The molecule has 0 radical (unpaired) electrons. The molecule has 0 unspecified atom stereocenters. The number of benzene rings is 2. The highest BCUT2D eigenvalue weighted by Gasteiger charge is 2.27. The molecule has 7 nitrogen and oxygen atoms in total. The third-order valence-corrected chi connectivity index (χ3v) is 5.24. The summed E-state index contributed by atoms with van der Waals surface area (Å²) in [7, 11) is 0. The number of piperidine rings is 1. The van der Waals surface area contributed by atoms with Crippen LogP contribution in [-0.4, -0.2) is 36.2 Å². The van der Waals surface area contributed by atoms with Crippen molar-refractivity contribution in [1.82, 2.24) is 0 Å². The Balaban J connectivity index is 1.57. The second kappa shape index (κ2) is 9.92. The van der Waals surface area contributed by atoms with Crippen molar-refractivity contribution in [3.8, 4) is 0 Å². The summed E-state index contributed by atoms with van der Waals surface area (Å²) in [6.45, 7) is 8.11. The van der Waals surface area contributed by atoms with Crippen molar-refractivity contribution < 1.29 is 19.2 Å². The summed E-state index contributed by atoms with van der Waals surface area (Å²) in [5.41, 5.74) is 0.960. The van der Waals surface area contributed by atoms with Gasteiger partial charge in [-0.3, -0.25) is 10.1 Å². The molecule has 31 heavy (non-hydrogen) atoms. The minimum atomic E-state index is -0.714. The molecule has 1 aliphatic rings. The van der Waals surface area contributed by atoms with E-state index in [-0.39, 0.29) is 11.3 Å². The molecule has 0 aromatic heterocycles. The van der Waals surface area contributed by atoms with Gasteiger partial charge in [-0.05, 0) is 57.2 Å². The predicted molar refractivity (Wildman–Crippen MR) is 119 cm³/mol. The fourth-order valence-electron chi connectivity index (χ4n) is 3.65. The van der Waals surface area contributed by atoms with Crippen LogP contribution in [0.3, 0.4) is 0 Å². The van der Waals surface area contributed by atoms with Crippen LogP contribution in [0, 0.1) is 16.0 Å². The molecule has 7 heteroatoms. The van der Waals surface area contributed by atoms with E-state index in [2.05, 4.69) is 17.0 Å². The zero-order valence-corrected chi connectivity index (χ0v) is 18.4. The average molecular weight is 427 g/mol. The largest absolute Gasteiger partial charge is 0.456 e. The first-order valence-electron chi connectivity index (χ1n) is 10.6. The molecule has 2 aromatic rings. The van der Waals surface area contributed by atoms with E-state index in [4.69, 9.17) is 9.47 Å². The minimum absolute atomic E-state index is 0.0205. The van der Waals surface area contributed by atoms with Crippen LogP contribution in [-0.2, 0) is 16.1 Å². The molecule has 0 saturated carbocycles. The molecule has 0 spiro atoms. The molecule has 0 amide bonds. The minimum Gasteiger partial charge on any atom is -0.456 e. The van der Waals surface area contributed by atoms with Crippen LogP contribution in [0.4, 0.5) is 11.4 Å². The van der Waals surface area contributed by atoms with Gasteiger partial charge in [-0.2, -0.15) is 0 Å². The van der Waals surface area contributed by atoms with Crippen LogP contribution in [0.5, 0.6) is 0 Å². The summed E-state index contributed by atoms with van der Waals surface area (Å²) in [5, 5.41) is 11.6. The first-order valence-corrected chi connectivity index (χ1v) is 10.6. The number of hydrogen-bond donors (Lipinski definition) is 0. The van der Waals surface area contributed by atoms with Crippen molar-refractivity contribution in [2.24, 2.45) is 5.92 Å². The summed E-state index contributed by atoms with van der Waals surface area (Å²) in [6.07, 6.45) is 1.91. The van der Waals surface area contributed by atoms with Crippen LogP contribution in [0.25, 0.3) is 0 Å². The first-order chi connectivity index (χ1) is 14.7. The van der Waals surface area contributed by atoms with E-state index in [0.717, 1.165) is 37.2 Å². The molecule has 3 rings (SSSR count). The molecule has 1 heterocycles. The third-order valence-electron chi connectivity index (χ3n) is 5.24. The average Bonchev–Trinajstić information content (AvgIpc) is 2.73. The number of nitro groups is 1. The number of nitrogens with zero attached hydrogens (tertiary/aromatic N) is 2. The van der Waals surface area contributed by atoms with Crippen molar-refractivity contribution in [2.45, 2.75) is 45.8 Å². The standard InChI is InChI=1S/C24H30N2O5/c1-24(2,3)31-23(27)21-10-9-20(15-22(21)26(28)29)25-13-11-19(12-14-25)17-30-16-18-7-5-4-6-8-18/h4-10,15,19H,11-14,16-17H2,1-3H3. The molecule has 1 aliphatic heterocycles. The summed E-state index contributed by atoms with van der Waals surface area (Å²) in [5.74, 6) is -0.212. The van der Waals surface area contributed by atoms with Gasteiger partial charge in [-0.15, -0.1) is 0 Å². The lowest BCUT2D eigenvalue weighted by Crippen LogP contribution is -2.35. The topological polar surface area (TPSA) is 81.9 Å². The van der Waals surface area contributed by atoms with Crippen LogP contribution >= 0.6 is 0 Å². The molecule has 166 valence electrons. The van der Waals surface area contributed by atoms with Crippen LogP contribution in [0.15, 0.2) is 48.5 Å². The van der Waals surface area contributed by atoms with Gasteiger partial charge in [-0.1, -0.05) is 30.3 Å². The second-order valence-electron chi connectivity index (χ2n) is 8.89. The highest BCUT2D eigenvalue weighted by atomic mass is 16.6. The molecule has 0 bridgehead atoms. The number of rotatable bonds is 7. The van der Waals surface area contributed by atoms with Gasteiger partial charge in [-0.25, -0.2) is 4.79 Å². The van der Waals surface area contributed by atoms with E-state index in [1.807, 2.05) is 18.2 Å². The van der Waals surface area contributed by atoms with Crippen molar-refractivity contribution in [2.75, 3.05) is 24.6 Å². The maximum atomic E-state index is 12.4. The molecule has 2 aromatic carbocycles. The van der Waals surface area contributed by atoms with E-state index >= 15 is 0 Å². The normalized spacial score (nSPS) is 15.0. The van der Waals surface area contributed by atoms with Crippen LogP contribution in [0.1, 0.15) is 49.5 Å². The van der Waals surface area contributed by atoms with Gasteiger partial charge in [0.2, 0.25) is 0 Å². The predicted octanol–water partition coefficient (Wildman–Crippen LogP) is 4.98. The number of ether oxygens (including phenoxy) is 2. The summed E-state index contributed by atoms with van der Waals surface area (Å²) < 4.78 is 11.2. The van der Waals surface area contributed by atoms with E-state index < -0.39 is 16.5 Å². The lowest BCUT2D eigenvalue weighted by atomic mass is 9.97. The van der Waals surface area contributed by atoms with Crippen molar-refractivity contribution in [3.05, 3.63) is 69.8 Å². The summed E-state index contributed by atoms with van der Waals surface area (Å²) in [6, 6.07) is 14.8. The highest BCUT2D eigenvalue weighted by Crippen LogP contribution is 2.30. The summed E-state index contributed by atoms with van der Waals surface area (Å²) in [4.78, 5) is 25.5. The Morgan fingerprint density at radius 2 is 1.81 bits per heavy atom. The van der Waals surface area contributed by atoms with Crippen LogP contribution < -0.4 is 4.90 Å². The van der Waals surface area contributed by atoms with Gasteiger partial charge in [0.15, 0.2) is 0 Å². The zero-order valence-electron chi connectivity index (χ0n) is 18.4. The maximum Gasteiger partial charge on any atom is 0.345 e. The van der Waals surface area contributed by atoms with Gasteiger partial charge in [0.25, 0.3) is 5.69 Å². The van der Waals surface area contributed by atoms with Gasteiger partial charge >= 0.3 is 5.97 Å². The number of nitro benzene ring substituents is 1.